The van der Waals surface area contributed by atoms with E-state index in [9.17, 15) is 0 Å². The molecular weight excluding hydrogens is 541 g/mol. The summed E-state index contributed by atoms with van der Waals surface area (Å²) >= 11 is 12.9. The number of ether oxygens (including phenoxy) is 4. The predicted octanol–water partition coefficient (Wildman–Crippen LogP) is 3.85. The average molecular weight is 579 g/mol. The molecule has 0 amide bonds. The Morgan fingerprint density at radius 2 is 1.62 bits per heavy atom. The number of benzene rings is 2. The minimum Gasteiger partial charge on any atom is -0.378 e. The molecule has 1 aliphatic rings. The molecule has 0 saturated carbocycles. The van der Waals surface area contributed by atoms with Crippen LogP contribution in [0.4, 0.5) is 0 Å². The first-order valence-corrected chi connectivity index (χ1v) is 14.0. The number of likely N-dealkylation sites (N-methyl/N-ethyl adjacent to an activating group) is 1. The summed E-state index contributed by atoms with van der Waals surface area (Å²) in [6.07, 6.45) is 1.95. The monoisotopic (exact) mass is 577 g/mol. The second-order valence-electron chi connectivity index (χ2n) is 9.44. The van der Waals surface area contributed by atoms with Gasteiger partial charge in [0.05, 0.1) is 65.6 Å². The van der Waals surface area contributed by atoms with Crippen molar-refractivity contribution in [1.82, 2.24) is 19.9 Å². The normalized spacial score (nSPS) is 15.5. The Morgan fingerprint density at radius 1 is 0.923 bits per heavy atom. The van der Waals surface area contributed by atoms with Crippen molar-refractivity contribution in [3.8, 4) is 11.3 Å². The zero-order valence-corrected chi connectivity index (χ0v) is 23.9. The maximum Gasteiger partial charge on any atom is 0.113 e. The number of hydrogen-bond donors (Lipinski definition) is 1. The molecule has 2 aromatic carbocycles. The first-order valence-electron chi connectivity index (χ1n) is 13.2. The average Bonchev–Trinajstić information content (AvgIpc) is 3.40. The standard InChI is InChI=1S/C28H37Cl2N5O4/c1-34-18-25(24-16-23(29)17-27(30)26(24)19-34)21-3-2-4-22(15-21)28-20-35(33-32-28)6-8-37-10-12-39-14-13-38-11-9-36-7-5-31/h2-4,15-17,20,25H,5-14,18-19,31H2,1H3/t25-/m0/s1. The van der Waals surface area contributed by atoms with Crippen LogP contribution >= 0.6 is 23.2 Å². The lowest BCUT2D eigenvalue weighted by Crippen LogP contribution is -2.31. The van der Waals surface area contributed by atoms with Gasteiger partial charge in [0.1, 0.15) is 5.69 Å². The Kier molecular flexibility index (Phi) is 12.0. The van der Waals surface area contributed by atoms with Crippen molar-refractivity contribution in [3.63, 3.8) is 0 Å². The van der Waals surface area contributed by atoms with Crippen LogP contribution in [0.2, 0.25) is 10.0 Å². The highest BCUT2D eigenvalue weighted by atomic mass is 35.5. The van der Waals surface area contributed by atoms with Gasteiger partial charge in [-0.1, -0.05) is 46.6 Å². The molecule has 1 aliphatic heterocycles. The molecule has 0 radical (unpaired) electrons. The second kappa shape index (κ2) is 15.6. The molecular formula is C28H37Cl2N5O4. The summed E-state index contributed by atoms with van der Waals surface area (Å²) in [6.45, 7) is 7.07. The maximum atomic E-state index is 6.55. The molecule has 39 heavy (non-hydrogen) atoms. The Morgan fingerprint density at radius 3 is 2.33 bits per heavy atom. The van der Waals surface area contributed by atoms with E-state index in [0.29, 0.717) is 71.0 Å². The van der Waals surface area contributed by atoms with E-state index in [2.05, 4.69) is 46.5 Å². The quantitative estimate of drug-likeness (QED) is 0.256. The molecule has 11 heteroatoms. The van der Waals surface area contributed by atoms with Gasteiger partial charge in [-0.3, -0.25) is 0 Å². The van der Waals surface area contributed by atoms with E-state index in [1.165, 1.54) is 11.1 Å². The van der Waals surface area contributed by atoms with E-state index in [-0.39, 0.29) is 5.92 Å². The maximum absolute atomic E-state index is 6.55. The molecule has 0 fully saturated rings. The largest absolute Gasteiger partial charge is 0.378 e. The lowest BCUT2D eigenvalue weighted by Gasteiger charge is -2.33. The number of fused-ring (bicyclic) bond motifs is 1. The van der Waals surface area contributed by atoms with Crippen molar-refractivity contribution in [1.29, 1.82) is 0 Å². The van der Waals surface area contributed by atoms with Gasteiger partial charge in [-0.25, -0.2) is 4.68 Å². The minimum absolute atomic E-state index is 0.169. The highest BCUT2D eigenvalue weighted by molar-refractivity contribution is 6.35. The van der Waals surface area contributed by atoms with Gasteiger partial charge in [-0.05, 0) is 41.9 Å². The summed E-state index contributed by atoms with van der Waals surface area (Å²) in [5.41, 5.74) is 10.7. The summed E-state index contributed by atoms with van der Waals surface area (Å²) in [5.74, 6) is 0.169. The van der Waals surface area contributed by atoms with Gasteiger partial charge < -0.3 is 29.6 Å². The summed E-state index contributed by atoms with van der Waals surface area (Å²) in [6, 6.07) is 12.3. The predicted molar refractivity (Wildman–Crippen MR) is 152 cm³/mol. The first-order chi connectivity index (χ1) is 19.0. The number of rotatable bonds is 16. The van der Waals surface area contributed by atoms with Crippen molar-refractivity contribution < 1.29 is 18.9 Å². The Hall–Kier alpha value is -2.08. The Balaban J connectivity index is 1.22. The minimum atomic E-state index is 0.169. The van der Waals surface area contributed by atoms with Crippen LogP contribution < -0.4 is 5.73 Å². The zero-order valence-electron chi connectivity index (χ0n) is 22.4. The third kappa shape index (κ3) is 8.96. The van der Waals surface area contributed by atoms with Gasteiger partial charge in [0.15, 0.2) is 0 Å². The third-order valence-corrected chi connectivity index (χ3v) is 7.01. The summed E-state index contributed by atoms with van der Waals surface area (Å²) in [5, 5.41) is 10.1. The van der Waals surface area contributed by atoms with Crippen molar-refractivity contribution in [3.05, 3.63) is 69.3 Å². The van der Waals surface area contributed by atoms with Crippen LogP contribution in [-0.2, 0) is 32.0 Å². The molecule has 2 N–H and O–H groups in total. The van der Waals surface area contributed by atoms with E-state index in [1.54, 1.807) is 4.68 Å². The Labute approximate surface area is 240 Å². The van der Waals surface area contributed by atoms with Crippen molar-refractivity contribution >= 4 is 23.2 Å². The van der Waals surface area contributed by atoms with Crippen LogP contribution in [0.1, 0.15) is 22.6 Å². The highest BCUT2D eigenvalue weighted by Gasteiger charge is 2.27. The number of nitrogens with two attached hydrogens (primary N) is 1. The van der Waals surface area contributed by atoms with Gasteiger partial charge in [0.25, 0.3) is 0 Å². The molecule has 0 spiro atoms. The van der Waals surface area contributed by atoms with Gasteiger partial charge in [-0.15, -0.1) is 5.10 Å². The molecule has 1 aromatic heterocycles. The van der Waals surface area contributed by atoms with Crippen LogP contribution in [0.15, 0.2) is 42.6 Å². The smallest absolute Gasteiger partial charge is 0.113 e. The van der Waals surface area contributed by atoms with Gasteiger partial charge in [-0.2, -0.15) is 0 Å². The lowest BCUT2D eigenvalue weighted by atomic mass is 9.84. The van der Waals surface area contributed by atoms with Crippen LogP contribution in [0, 0.1) is 0 Å². The lowest BCUT2D eigenvalue weighted by molar-refractivity contribution is -0.00200. The summed E-state index contributed by atoms with van der Waals surface area (Å²) in [7, 11) is 2.11. The van der Waals surface area contributed by atoms with Crippen molar-refractivity contribution in [2.75, 3.05) is 73.0 Å². The van der Waals surface area contributed by atoms with Crippen LogP contribution in [0.25, 0.3) is 11.3 Å². The second-order valence-corrected chi connectivity index (χ2v) is 10.3. The molecule has 1 atom stereocenters. The molecule has 4 rings (SSSR count). The molecule has 212 valence electrons. The fraction of sp³-hybridized carbons (Fsp3) is 0.500. The molecule has 9 nitrogen and oxygen atoms in total. The number of aromatic nitrogens is 3. The summed E-state index contributed by atoms with van der Waals surface area (Å²) < 4.78 is 23.6. The molecule has 0 saturated heterocycles. The molecule has 0 aliphatic carbocycles. The van der Waals surface area contributed by atoms with E-state index >= 15 is 0 Å². The van der Waals surface area contributed by atoms with Crippen molar-refractivity contribution in [2.24, 2.45) is 5.73 Å². The molecule has 0 unspecified atom stereocenters. The highest BCUT2D eigenvalue weighted by Crippen LogP contribution is 2.39. The SMILES string of the molecule is CN1Cc2c(Cl)cc(Cl)cc2[C@H](c2cccc(-c3cn(CCOCCOCCOCCOCCN)nn3)c2)C1. The zero-order chi connectivity index (χ0) is 27.5. The number of halogens is 2. The van der Waals surface area contributed by atoms with Gasteiger partial charge in [0.2, 0.25) is 0 Å². The van der Waals surface area contributed by atoms with E-state index < -0.39 is 0 Å². The van der Waals surface area contributed by atoms with Gasteiger partial charge >= 0.3 is 0 Å². The fourth-order valence-electron chi connectivity index (χ4n) is 4.59. The van der Waals surface area contributed by atoms with E-state index in [1.807, 2.05) is 18.3 Å². The summed E-state index contributed by atoms with van der Waals surface area (Å²) in [4.78, 5) is 2.29. The van der Waals surface area contributed by atoms with Gasteiger partial charge in [0, 0.05) is 41.2 Å². The van der Waals surface area contributed by atoms with Crippen LogP contribution in [0.3, 0.4) is 0 Å². The van der Waals surface area contributed by atoms with Crippen LogP contribution in [-0.4, -0.2) is 92.9 Å². The fourth-order valence-corrected chi connectivity index (χ4v) is 5.16. The molecule has 2 heterocycles. The topological polar surface area (TPSA) is 96.9 Å². The molecule has 3 aromatic rings. The molecule has 0 bridgehead atoms. The first kappa shape index (κ1) is 29.9. The number of nitrogens with zero attached hydrogens (tertiary/aromatic N) is 4. The van der Waals surface area contributed by atoms with Crippen molar-refractivity contribution in [2.45, 2.75) is 19.0 Å². The third-order valence-electron chi connectivity index (χ3n) is 6.46. The van der Waals surface area contributed by atoms with E-state index in [0.717, 1.165) is 34.9 Å². The number of hydrogen-bond acceptors (Lipinski definition) is 8. The van der Waals surface area contributed by atoms with E-state index in [4.69, 9.17) is 47.9 Å². The van der Waals surface area contributed by atoms with Crippen LogP contribution in [0.5, 0.6) is 0 Å². The Bertz CT molecular complexity index is 1180.